The number of rotatable bonds is 3. The number of halogens is 3. The van der Waals surface area contributed by atoms with Gasteiger partial charge < -0.3 is 9.80 Å². The maximum atomic E-state index is 13.7. The number of benzene rings is 2. The maximum absolute atomic E-state index is 13.7. The molecule has 7 heteroatoms. The van der Waals surface area contributed by atoms with Gasteiger partial charge in [-0.2, -0.15) is 0 Å². The number of carbonyl (C=O) groups excluding carboxylic acids is 2. The van der Waals surface area contributed by atoms with Crippen LogP contribution in [0.1, 0.15) is 15.9 Å². The molecule has 0 saturated carbocycles. The minimum absolute atomic E-state index is 0.0379. The molecule has 1 aliphatic heterocycles. The molecule has 0 aromatic heterocycles. The molecule has 2 amide bonds. The number of hydrogen-bond acceptors (Lipinski definition) is 2. The number of hydrogen-bond donors (Lipinski definition) is 0. The monoisotopic (exact) mass is 362 g/mol. The highest BCUT2D eigenvalue weighted by molar-refractivity contribution is 5.94. The van der Waals surface area contributed by atoms with Gasteiger partial charge in [-0.3, -0.25) is 9.59 Å². The van der Waals surface area contributed by atoms with E-state index in [1.807, 2.05) is 0 Å². The molecule has 0 spiro atoms. The van der Waals surface area contributed by atoms with E-state index >= 15 is 0 Å². The Balaban J connectivity index is 1.58. The number of piperazine rings is 1. The number of nitrogens with zero attached hydrogens (tertiary/aromatic N) is 2. The van der Waals surface area contributed by atoms with Gasteiger partial charge in [0.15, 0.2) is 11.6 Å². The van der Waals surface area contributed by atoms with Crippen LogP contribution in [-0.4, -0.2) is 47.8 Å². The minimum atomic E-state index is -1.07. The first-order valence-electron chi connectivity index (χ1n) is 8.21. The average molecular weight is 362 g/mol. The van der Waals surface area contributed by atoms with Crippen molar-refractivity contribution in [1.29, 1.82) is 0 Å². The second-order valence-electron chi connectivity index (χ2n) is 6.07. The largest absolute Gasteiger partial charge is 0.339 e. The maximum Gasteiger partial charge on any atom is 0.254 e. The summed E-state index contributed by atoms with van der Waals surface area (Å²) in [5, 5.41) is 0. The van der Waals surface area contributed by atoms with Crippen LogP contribution in [0.4, 0.5) is 13.2 Å². The molecule has 4 nitrogen and oxygen atoms in total. The van der Waals surface area contributed by atoms with Gasteiger partial charge >= 0.3 is 0 Å². The zero-order valence-electron chi connectivity index (χ0n) is 13.9. The zero-order valence-corrected chi connectivity index (χ0v) is 13.9. The molecule has 2 aromatic rings. The lowest BCUT2D eigenvalue weighted by atomic mass is 10.1. The lowest BCUT2D eigenvalue weighted by Crippen LogP contribution is -2.51. The lowest BCUT2D eigenvalue weighted by molar-refractivity contribution is -0.132. The van der Waals surface area contributed by atoms with Crippen LogP contribution < -0.4 is 0 Å². The highest BCUT2D eigenvalue weighted by Gasteiger charge is 2.25. The molecule has 0 N–H and O–H groups in total. The van der Waals surface area contributed by atoms with Gasteiger partial charge in [0, 0.05) is 31.7 Å². The molecule has 1 aliphatic rings. The minimum Gasteiger partial charge on any atom is -0.339 e. The SMILES string of the molecule is O=C(Cc1ccccc1F)N1CCN(C(=O)c2ccc(F)c(F)c2)CC1. The quantitative estimate of drug-likeness (QED) is 0.842. The van der Waals surface area contributed by atoms with Gasteiger partial charge in [0.1, 0.15) is 5.82 Å². The summed E-state index contributed by atoms with van der Waals surface area (Å²) in [6.45, 7) is 1.17. The first-order chi connectivity index (χ1) is 12.5. The summed E-state index contributed by atoms with van der Waals surface area (Å²) in [7, 11) is 0. The highest BCUT2D eigenvalue weighted by Crippen LogP contribution is 2.14. The standard InChI is InChI=1S/C19H17F3N2O2/c20-15-4-2-1-3-13(15)12-18(25)23-7-9-24(10-8-23)19(26)14-5-6-16(21)17(22)11-14/h1-6,11H,7-10,12H2. The van der Waals surface area contributed by atoms with E-state index in [9.17, 15) is 22.8 Å². The average Bonchev–Trinajstić information content (AvgIpc) is 2.65. The van der Waals surface area contributed by atoms with Crippen molar-refractivity contribution in [2.45, 2.75) is 6.42 Å². The summed E-state index contributed by atoms with van der Waals surface area (Å²) in [6, 6.07) is 9.12. The van der Waals surface area contributed by atoms with Gasteiger partial charge in [-0.1, -0.05) is 18.2 Å². The third-order valence-corrected chi connectivity index (χ3v) is 4.39. The van der Waals surface area contributed by atoms with Crippen molar-refractivity contribution in [3.8, 4) is 0 Å². The molecular weight excluding hydrogens is 345 g/mol. The molecule has 1 fully saturated rings. The van der Waals surface area contributed by atoms with Crippen LogP contribution in [0.3, 0.4) is 0 Å². The molecule has 0 bridgehead atoms. The summed E-state index contributed by atoms with van der Waals surface area (Å²) >= 11 is 0. The van der Waals surface area contributed by atoms with Crippen LogP contribution in [-0.2, 0) is 11.2 Å². The Kier molecular flexibility index (Phi) is 5.25. The van der Waals surface area contributed by atoms with Crippen molar-refractivity contribution < 1.29 is 22.8 Å². The molecule has 1 heterocycles. The van der Waals surface area contributed by atoms with E-state index in [0.717, 1.165) is 12.1 Å². The van der Waals surface area contributed by atoms with Crippen LogP contribution in [0.2, 0.25) is 0 Å². The topological polar surface area (TPSA) is 40.6 Å². The van der Waals surface area contributed by atoms with Crippen molar-refractivity contribution in [1.82, 2.24) is 9.80 Å². The Morgan fingerprint density at radius 1 is 0.808 bits per heavy atom. The Bertz CT molecular complexity index is 833. The Morgan fingerprint density at radius 2 is 1.46 bits per heavy atom. The summed E-state index contributed by atoms with van der Waals surface area (Å²) in [4.78, 5) is 27.7. The van der Waals surface area contributed by atoms with Gasteiger partial charge in [-0.25, -0.2) is 13.2 Å². The van der Waals surface area contributed by atoms with Crippen molar-refractivity contribution in [2.75, 3.05) is 26.2 Å². The van der Waals surface area contributed by atoms with Crippen LogP contribution >= 0.6 is 0 Å². The first kappa shape index (κ1) is 18.0. The van der Waals surface area contributed by atoms with E-state index in [2.05, 4.69) is 0 Å². The molecule has 136 valence electrons. The Morgan fingerprint density at radius 3 is 2.12 bits per heavy atom. The van der Waals surface area contributed by atoms with E-state index in [1.165, 1.54) is 17.0 Å². The first-order valence-corrected chi connectivity index (χ1v) is 8.21. The summed E-state index contributed by atoms with van der Waals surface area (Å²) < 4.78 is 39.9. The molecule has 0 unspecified atom stereocenters. The lowest BCUT2D eigenvalue weighted by Gasteiger charge is -2.35. The Labute approximate surface area is 148 Å². The van der Waals surface area contributed by atoms with E-state index < -0.39 is 23.4 Å². The molecule has 3 rings (SSSR count). The third-order valence-electron chi connectivity index (χ3n) is 4.39. The van der Waals surface area contributed by atoms with Gasteiger partial charge in [0.25, 0.3) is 5.91 Å². The van der Waals surface area contributed by atoms with Crippen molar-refractivity contribution in [3.63, 3.8) is 0 Å². The molecule has 26 heavy (non-hydrogen) atoms. The second-order valence-corrected chi connectivity index (χ2v) is 6.07. The number of amides is 2. The highest BCUT2D eigenvalue weighted by atomic mass is 19.2. The zero-order chi connectivity index (χ0) is 18.7. The summed E-state index contributed by atoms with van der Waals surface area (Å²) in [6.07, 6.45) is -0.0379. The normalized spacial score (nSPS) is 14.4. The number of carbonyl (C=O) groups is 2. The van der Waals surface area contributed by atoms with Crippen LogP contribution in [0.15, 0.2) is 42.5 Å². The molecule has 0 radical (unpaired) electrons. The molecule has 0 aliphatic carbocycles. The van der Waals surface area contributed by atoms with Crippen molar-refractivity contribution >= 4 is 11.8 Å². The van der Waals surface area contributed by atoms with Crippen LogP contribution in [0, 0.1) is 17.5 Å². The fourth-order valence-corrected chi connectivity index (χ4v) is 2.89. The third kappa shape index (κ3) is 3.87. The van der Waals surface area contributed by atoms with Gasteiger partial charge in [-0.15, -0.1) is 0 Å². The predicted octanol–water partition coefficient (Wildman–Crippen LogP) is 2.63. The fourth-order valence-electron chi connectivity index (χ4n) is 2.89. The molecule has 0 atom stereocenters. The fraction of sp³-hybridized carbons (Fsp3) is 0.263. The summed E-state index contributed by atoms with van der Waals surface area (Å²) in [5.41, 5.74) is 0.396. The summed E-state index contributed by atoms with van der Waals surface area (Å²) in [5.74, 6) is -3.13. The Hall–Kier alpha value is -2.83. The second kappa shape index (κ2) is 7.59. The van der Waals surface area contributed by atoms with Gasteiger partial charge in [0.2, 0.25) is 5.91 Å². The molecular formula is C19H17F3N2O2. The van der Waals surface area contributed by atoms with E-state index in [1.54, 1.807) is 23.1 Å². The van der Waals surface area contributed by atoms with Crippen LogP contribution in [0.25, 0.3) is 0 Å². The predicted molar refractivity (Wildman–Crippen MR) is 88.9 cm³/mol. The van der Waals surface area contributed by atoms with Gasteiger partial charge in [-0.05, 0) is 29.8 Å². The van der Waals surface area contributed by atoms with E-state index in [0.29, 0.717) is 18.7 Å². The van der Waals surface area contributed by atoms with E-state index in [-0.39, 0.29) is 31.0 Å². The van der Waals surface area contributed by atoms with Crippen LogP contribution in [0.5, 0.6) is 0 Å². The van der Waals surface area contributed by atoms with Crippen molar-refractivity contribution in [3.05, 3.63) is 71.0 Å². The molecule has 1 saturated heterocycles. The van der Waals surface area contributed by atoms with Gasteiger partial charge in [0.05, 0.1) is 6.42 Å². The van der Waals surface area contributed by atoms with Crippen molar-refractivity contribution in [2.24, 2.45) is 0 Å². The smallest absolute Gasteiger partial charge is 0.254 e. The molecule has 2 aromatic carbocycles. The van der Waals surface area contributed by atoms with E-state index in [4.69, 9.17) is 0 Å².